The highest BCUT2D eigenvalue weighted by Gasteiger charge is 2.34. The summed E-state index contributed by atoms with van der Waals surface area (Å²) in [7, 11) is -3.38. The zero-order valence-corrected chi connectivity index (χ0v) is 12.4. The van der Waals surface area contributed by atoms with Crippen LogP contribution in [0.1, 0.15) is 29.6 Å². The highest BCUT2D eigenvalue weighted by Crippen LogP contribution is 2.26. The number of hydrogen-bond donors (Lipinski definition) is 2. The third kappa shape index (κ3) is 3.60. The van der Waals surface area contributed by atoms with Crippen molar-refractivity contribution in [1.82, 2.24) is 5.32 Å². The topological polar surface area (TPSA) is 101 Å². The van der Waals surface area contributed by atoms with Crippen LogP contribution in [0.3, 0.4) is 0 Å². The molecular formula is C14H17NO5S. The number of carbonyl (C=O) groups excluding carboxylic acids is 1. The first-order valence-electron chi connectivity index (χ1n) is 6.63. The Bertz CT molecular complexity index is 668. The SMILES string of the molecule is CS(=O)(=O)c1cccc(C(=O)NC2CCCC2C(=O)O)c1. The molecule has 21 heavy (non-hydrogen) atoms. The zero-order valence-electron chi connectivity index (χ0n) is 11.6. The number of sulfone groups is 1. The molecule has 1 aliphatic carbocycles. The Hall–Kier alpha value is -1.89. The molecule has 0 bridgehead atoms. The van der Waals surface area contributed by atoms with Gasteiger partial charge in [0.25, 0.3) is 5.91 Å². The Morgan fingerprint density at radius 1 is 1.29 bits per heavy atom. The summed E-state index contributed by atoms with van der Waals surface area (Å²) in [6.45, 7) is 0. The first-order chi connectivity index (χ1) is 9.79. The van der Waals surface area contributed by atoms with Crippen molar-refractivity contribution in [2.45, 2.75) is 30.2 Å². The first kappa shape index (κ1) is 15.5. The van der Waals surface area contributed by atoms with Crippen LogP contribution in [0, 0.1) is 5.92 Å². The van der Waals surface area contributed by atoms with Gasteiger partial charge in [-0.1, -0.05) is 12.5 Å². The summed E-state index contributed by atoms with van der Waals surface area (Å²) in [5, 5.41) is 11.8. The second-order valence-corrected chi connectivity index (χ2v) is 7.27. The van der Waals surface area contributed by atoms with E-state index >= 15 is 0 Å². The number of carboxylic acid groups (broad SMARTS) is 1. The summed E-state index contributed by atoms with van der Waals surface area (Å²) in [5.41, 5.74) is 0.217. The number of benzene rings is 1. The third-order valence-corrected chi connectivity index (χ3v) is 4.78. The average molecular weight is 311 g/mol. The number of aliphatic carboxylic acids is 1. The van der Waals surface area contributed by atoms with E-state index in [1.165, 1.54) is 24.3 Å². The molecular weight excluding hydrogens is 294 g/mol. The van der Waals surface area contributed by atoms with E-state index in [0.29, 0.717) is 12.8 Å². The Kier molecular flexibility index (Phi) is 4.32. The lowest BCUT2D eigenvalue weighted by atomic mass is 10.0. The van der Waals surface area contributed by atoms with Crippen molar-refractivity contribution < 1.29 is 23.1 Å². The molecule has 1 amide bonds. The van der Waals surface area contributed by atoms with Gasteiger partial charge < -0.3 is 10.4 Å². The van der Waals surface area contributed by atoms with Gasteiger partial charge in [-0.2, -0.15) is 0 Å². The van der Waals surface area contributed by atoms with Gasteiger partial charge >= 0.3 is 5.97 Å². The van der Waals surface area contributed by atoms with Crippen molar-refractivity contribution in [3.63, 3.8) is 0 Å². The Labute approximate surface area is 123 Å². The van der Waals surface area contributed by atoms with E-state index in [1.807, 2.05) is 0 Å². The lowest BCUT2D eigenvalue weighted by Crippen LogP contribution is -2.40. The van der Waals surface area contributed by atoms with Crippen LogP contribution in [0.25, 0.3) is 0 Å². The van der Waals surface area contributed by atoms with Crippen molar-refractivity contribution in [3.05, 3.63) is 29.8 Å². The number of amides is 1. The van der Waals surface area contributed by atoms with E-state index in [2.05, 4.69) is 5.32 Å². The van der Waals surface area contributed by atoms with Gasteiger partial charge in [0.15, 0.2) is 9.84 Å². The molecule has 0 aliphatic heterocycles. The van der Waals surface area contributed by atoms with Crippen molar-refractivity contribution in [3.8, 4) is 0 Å². The van der Waals surface area contributed by atoms with E-state index in [0.717, 1.165) is 12.7 Å². The maximum Gasteiger partial charge on any atom is 0.308 e. The van der Waals surface area contributed by atoms with Gasteiger partial charge in [-0.3, -0.25) is 9.59 Å². The van der Waals surface area contributed by atoms with Crippen LogP contribution >= 0.6 is 0 Å². The Morgan fingerprint density at radius 2 is 2.00 bits per heavy atom. The van der Waals surface area contributed by atoms with Crippen LogP contribution in [-0.2, 0) is 14.6 Å². The van der Waals surface area contributed by atoms with Crippen LogP contribution in [-0.4, -0.2) is 37.7 Å². The van der Waals surface area contributed by atoms with E-state index in [-0.39, 0.29) is 10.5 Å². The number of carboxylic acids is 1. The summed E-state index contributed by atoms with van der Waals surface area (Å²) in [5.74, 6) is -1.94. The molecule has 114 valence electrons. The fourth-order valence-corrected chi connectivity index (χ4v) is 3.21. The molecule has 2 N–H and O–H groups in total. The monoisotopic (exact) mass is 311 g/mol. The zero-order chi connectivity index (χ0) is 15.6. The molecule has 2 atom stereocenters. The van der Waals surface area contributed by atoms with Crippen LogP contribution in [0.4, 0.5) is 0 Å². The lowest BCUT2D eigenvalue weighted by Gasteiger charge is -2.17. The quantitative estimate of drug-likeness (QED) is 0.866. The fourth-order valence-electron chi connectivity index (χ4n) is 2.55. The largest absolute Gasteiger partial charge is 0.481 e. The average Bonchev–Trinajstić information content (AvgIpc) is 2.86. The van der Waals surface area contributed by atoms with Crippen molar-refractivity contribution in [2.75, 3.05) is 6.26 Å². The molecule has 0 aromatic heterocycles. The molecule has 2 unspecified atom stereocenters. The van der Waals surface area contributed by atoms with Gasteiger partial charge in [-0.15, -0.1) is 0 Å². The summed E-state index contributed by atoms with van der Waals surface area (Å²) in [6.07, 6.45) is 2.99. The van der Waals surface area contributed by atoms with Crippen LogP contribution in [0.15, 0.2) is 29.2 Å². The molecule has 1 fully saturated rings. The summed E-state index contributed by atoms with van der Waals surface area (Å²) >= 11 is 0. The minimum absolute atomic E-state index is 0.0661. The maximum atomic E-state index is 12.1. The molecule has 1 saturated carbocycles. The first-order valence-corrected chi connectivity index (χ1v) is 8.52. The summed E-state index contributed by atoms with van der Waals surface area (Å²) < 4.78 is 23.0. The number of hydrogen-bond acceptors (Lipinski definition) is 4. The molecule has 1 aromatic rings. The minimum Gasteiger partial charge on any atom is -0.481 e. The van der Waals surface area contributed by atoms with Crippen LogP contribution < -0.4 is 5.32 Å². The van der Waals surface area contributed by atoms with Crippen LogP contribution in [0.5, 0.6) is 0 Å². The van der Waals surface area contributed by atoms with Gasteiger partial charge in [0, 0.05) is 17.9 Å². The van der Waals surface area contributed by atoms with Crippen LogP contribution in [0.2, 0.25) is 0 Å². The summed E-state index contributed by atoms with van der Waals surface area (Å²) in [4.78, 5) is 23.3. The number of carbonyl (C=O) groups is 2. The predicted octanol–water partition coefficient (Wildman–Crippen LogP) is 1.07. The van der Waals surface area contributed by atoms with Crippen molar-refractivity contribution >= 4 is 21.7 Å². The van der Waals surface area contributed by atoms with Gasteiger partial charge in [-0.05, 0) is 31.0 Å². The molecule has 2 rings (SSSR count). The number of rotatable bonds is 4. The normalized spacial score (nSPS) is 22.0. The van der Waals surface area contributed by atoms with E-state index < -0.39 is 33.7 Å². The van der Waals surface area contributed by atoms with Crippen molar-refractivity contribution in [1.29, 1.82) is 0 Å². The van der Waals surface area contributed by atoms with Crippen molar-refractivity contribution in [2.24, 2.45) is 5.92 Å². The Balaban J connectivity index is 2.16. The molecule has 0 radical (unpaired) electrons. The molecule has 0 spiro atoms. The molecule has 1 aliphatic rings. The standard InChI is InChI=1S/C14H17NO5S/c1-21(19,20)10-5-2-4-9(8-10)13(16)15-12-7-3-6-11(12)14(17)18/h2,4-5,8,11-12H,3,6-7H2,1H3,(H,15,16)(H,17,18). The fraction of sp³-hybridized carbons (Fsp3) is 0.429. The van der Waals surface area contributed by atoms with Gasteiger partial charge in [-0.25, -0.2) is 8.42 Å². The number of nitrogens with one attached hydrogen (secondary N) is 1. The smallest absolute Gasteiger partial charge is 0.308 e. The van der Waals surface area contributed by atoms with E-state index in [1.54, 1.807) is 0 Å². The maximum absolute atomic E-state index is 12.1. The molecule has 1 aromatic carbocycles. The van der Waals surface area contributed by atoms with E-state index in [4.69, 9.17) is 5.11 Å². The molecule has 0 heterocycles. The Morgan fingerprint density at radius 3 is 2.62 bits per heavy atom. The summed E-state index contributed by atoms with van der Waals surface area (Å²) in [6, 6.07) is 5.32. The molecule has 0 saturated heterocycles. The predicted molar refractivity (Wildman–Crippen MR) is 75.8 cm³/mol. The third-order valence-electron chi connectivity index (χ3n) is 3.67. The van der Waals surface area contributed by atoms with Gasteiger partial charge in [0.2, 0.25) is 0 Å². The highest BCUT2D eigenvalue weighted by molar-refractivity contribution is 7.90. The van der Waals surface area contributed by atoms with E-state index in [9.17, 15) is 18.0 Å². The minimum atomic E-state index is -3.38. The molecule has 6 nitrogen and oxygen atoms in total. The second kappa shape index (κ2) is 5.85. The molecule has 7 heteroatoms. The highest BCUT2D eigenvalue weighted by atomic mass is 32.2. The lowest BCUT2D eigenvalue weighted by molar-refractivity contribution is -0.142. The van der Waals surface area contributed by atoms with Gasteiger partial charge in [0.05, 0.1) is 10.8 Å². The second-order valence-electron chi connectivity index (χ2n) is 5.26. The van der Waals surface area contributed by atoms with Gasteiger partial charge in [0.1, 0.15) is 0 Å².